The van der Waals surface area contributed by atoms with E-state index in [2.05, 4.69) is 10.3 Å². The van der Waals surface area contributed by atoms with E-state index in [1.807, 2.05) is 12.1 Å². The fourth-order valence-corrected chi connectivity index (χ4v) is 3.31. The molecule has 1 heterocycles. The molecule has 3 rings (SSSR count). The standard InChI is InChI=1S/C19H22N2O4/c1-2-25-18(23)10-9-17(22)20-12-7-8-14-13-5-3-4-6-15(13)19(24)21-16(14)11-12/h7-8,11H,2-6,9-10H2,1H3,(H,20,22)(H,21,24). The zero-order valence-electron chi connectivity index (χ0n) is 14.3. The molecule has 0 unspecified atom stereocenters. The molecule has 0 fully saturated rings. The molecule has 1 aromatic heterocycles. The van der Waals surface area contributed by atoms with E-state index in [1.54, 1.807) is 13.0 Å². The van der Waals surface area contributed by atoms with E-state index in [0.29, 0.717) is 12.3 Å². The van der Waals surface area contributed by atoms with Crippen LogP contribution in [0, 0.1) is 0 Å². The van der Waals surface area contributed by atoms with Crippen molar-refractivity contribution < 1.29 is 14.3 Å². The first-order valence-electron chi connectivity index (χ1n) is 8.71. The molecule has 0 atom stereocenters. The molecule has 0 radical (unpaired) electrons. The van der Waals surface area contributed by atoms with Gasteiger partial charge >= 0.3 is 5.97 Å². The van der Waals surface area contributed by atoms with E-state index in [0.717, 1.165) is 47.7 Å². The summed E-state index contributed by atoms with van der Waals surface area (Å²) < 4.78 is 4.81. The molecule has 6 heteroatoms. The molecule has 0 aliphatic heterocycles. The third-order valence-electron chi connectivity index (χ3n) is 4.48. The number of benzene rings is 1. The van der Waals surface area contributed by atoms with Crippen LogP contribution >= 0.6 is 0 Å². The van der Waals surface area contributed by atoms with Crippen molar-refractivity contribution in [2.24, 2.45) is 0 Å². The summed E-state index contributed by atoms with van der Waals surface area (Å²) >= 11 is 0. The number of nitrogens with one attached hydrogen (secondary N) is 2. The Hall–Kier alpha value is -2.63. The normalized spacial score (nSPS) is 13.3. The Kier molecular flexibility index (Phi) is 5.16. The average molecular weight is 342 g/mol. The van der Waals surface area contributed by atoms with Gasteiger partial charge in [-0.1, -0.05) is 6.07 Å². The van der Waals surface area contributed by atoms with Crippen LogP contribution in [0.25, 0.3) is 10.9 Å². The van der Waals surface area contributed by atoms with E-state index in [-0.39, 0.29) is 30.3 Å². The van der Waals surface area contributed by atoms with Gasteiger partial charge in [-0.3, -0.25) is 14.4 Å². The number of rotatable bonds is 5. The van der Waals surface area contributed by atoms with Crippen molar-refractivity contribution in [3.8, 4) is 0 Å². The van der Waals surface area contributed by atoms with E-state index in [9.17, 15) is 14.4 Å². The number of hydrogen-bond acceptors (Lipinski definition) is 4. The second-order valence-electron chi connectivity index (χ2n) is 6.23. The van der Waals surface area contributed by atoms with Gasteiger partial charge in [-0.25, -0.2) is 0 Å². The van der Waals surface area contributed by atoms with E-state index in [4.69, 9.17) is 4.74 Å². The first kappa shape index (κ1) is 17.2. The number of carbonyl (C=O) groups excluding carboxylic acids is 2. The minimum Gasteiger partial charge on any atom is -0.466 e. The number of aryl methyl sites for hydroxylation is 1. The summed E-state index contributed by atoms with van der Waals surface area (Å²) in [6.07, 6.45) is 4.01. The largest absolute Gasteiger partial charge is 0.466 e. The number of esters is 1. The highest BCUT2D eigenvalue weighted by molar-refractivity contribution is 5.95. The van der Waals surface area contributed by atoms with Crippen molar-refractivity contribution in [3.63, 3.8) is 0 Å². The van der Waals surface area contributed by atoms with Gasteiger partial charge in [0, 0.05) is 23.1 Å². The maximum absolute atomic E-state index is 12.3. The van der Waals surface area contributed by atoms with Gasteiger partial charge in [0.1, 0.15) is 0 Å². The van der Waals surface area contributed by atoms with E-state index >= 15 is 0 Å². The fraction of sp³-hybridized carbons (Fsp3) is 0.421. The van der Waals surface area contributed by atoms with Crippen LogP contribution < -0.4 is 10.9 Å². The first-order valence-corrected chi connectivity index (χ1v) is 8.71. The molecular formula is C19H22N2O4. The molecule has 2 aromatic rings. The zero-order valence-corrected chi connectivity index (χ0v) is 14.3. The smallest absolute Gasteiger partial charge is 0.306 e. The van der Waals surface area contributed by atoms with Crippen LogP contribution in [-0.4, -0.2) is 23.5 Å². The summed E-state index contributed by atoms with van der Waals surface area (Å²) in [5.74, 6) is -0.639. The Bertz CT molecular complexity index is 870. The average Bonchev–Trinajstić information content (AvgIpc) is 2.60. The van der Waals surface area contributed by atoms with Crippen molar-refractivity contribution in [2.75, 3.05) is 11.9 Å². The maximum Gasteiger partial charge on any atom is 0.306 e. The molecule has 0 spiro atoms. The molecule has 1 aliphatic rings. The number of fused-ring (bicyclic) bond motifs is 3. The van der Waals surface area contributed by atoms with Crippen LogP contribution in [0.1, 0.15) is 43.7 Å². The molecule has 132 valence electrons. The SMILES string of the molecule is CCOC(=O)CCC(=O)Nc1ccc2c3c(c(=O)[nH]c2c1)CCCC3. The Labute approximate surface area is 145 Å². The highest BCUT2D eigenvalue weighted by Gasteiger charge is 2.16. The highest BCUT2D eigenvalue weighted by Crippen LogP contribution is 2.27. The second kappa shape index (κ2) is 7.51. The molecule has 0 bridgehead atoms. The predicted octanol–water partition coefficient (Wildman–Crippen LogP) is 2.69. The number of pyridine rings is 1. The van der Waals surface area contributed by atoms with Crippen molar-refractivity contribution in [3.05, 3.63) is 39.7 Å². The minimum atomic E-state index is -0.382. The Balaban J connectivity index is 1.76. The molecule has 2 N–H and O–H groups in total. The highest BCUT2D eigenvalue weighted by atomic mass is 16.5. The summed E-state index contributed by atoms with van der Waals surface area (Å²) in [7, 11) is 0. The third-order valence-corrected chi connectivity index (χ3v) is 4.48. The lowest BCUT2D eigenvalue weighted by Gasteiger charge is -2.17. The number of aromatic nitrogens is 1. The lowest BCUT2D eigenvalue weighted by Crippen LogP contribution is -2.19. The van der Waals surface area contributed by atoms with Crippen LogP contribution in [0.15, 0.2) is 23.0 Å². The number of amides is 1. The van der Waals surface area contributed by atoms with Crippen molar-refractivity contribution in [2.45, 2.75) is 45.4 Å². The van der Waals surface area contributed by atoms with Gasteiger partial charge in [-0.15, -0.1) is 0 Å². The number of anilines is 1. The molecule has 0 saturated carbocycles. The maximum atomic E-state index is 12.3. The molecule has 6 nitrogen and oxygen atoms in total. The molecule has 1 aliphatic carbocycles. The predicted molar refractivity (Wildman–Crippen MR) is 95.7 cm³/mol. The number of aromatic amines is 1. The van der Waals surface area contributed by atoms with Crippen LogP contribution in [0.2, 0.25) is 0 Å². The van der Waals surface area contributed by atoms with Gasteiger partial charge in [0.2, 0.25) is 5.91 Å². The van der Waals surface area contributed by atoms with Gasteiger partial charge in [0.15, 0.2) is 0 Å². The Morgan fingerprint density at radius 1 is 1.16 bits per heavy atom. The van der Waals surface area contributed by atoms with Crippen molar-refractivity contribution in [1.29, 1.82) is 0 Å². The number of hydrogen-bond donors (Lipinski definition) is 2. The Morgan fingerprint density at radius 3 is 2.68 bits per heavy atom. The fourth-order valence-electron chi connectivity index (χ4n) is 3.31. The summed E-state index contributed by atoms with van der Waals surface area (Å²) in [4.78, 5) is 38.4. The van der Waals surface area contributed by atoms with Crippen molar-refractivity contribution >= 4 is 28.5 Å². The second-order valence-corrected chi connectivity index (χ2v) is 6.23. The topological polar surface area (TPSA) is 88.3 Å². The van der Waals surface area contributed by atoms with Gasteiger partial charge in [0.05, 0.1) is 18.5 Å². The van der Waals surface area contributed by atoms with Crippen LogP contribution in [-0.2, 0) is 27.2 Å². The minimum absolute atomic E-state index is 0.0343. The van der Waals surface area contributed by atoms with Crippen LogP contribution in [0.4, 0.5) is 5.69 Å². The van der Waals surface area contributed by atoms with Crippen molar-refractivity contribution in [1.82, 2.24) is 4.98 Å². The molecular weight excluding hydrogens is 320 g/mol. The van der Waals surface area contributed by atoms with Gasteiger partial charge < -0.3 is 15.0 Å². The Morgan fingerprint density at radius 2 is 1.92 bits per heavy atom. The number of carbonyl (C=O) groups is 2. The summed E-state index contributed by atoms with van der Waals surface area (Å²) in [6, 6.07) is 5.54. The summed E-state index contributed by atoms with van der Waals surface area (Å²) in [6.45, 7) is 2.04. The lowest BCUT2D eigenvalue weighted by atomic mass is 9.90. The van der Waals surface area contributed by atoms with Crippen LogP contribution in [0.3, 0.4) is 0 Å². The van der Waals surface area contributed by atoms with E-state index < -0.39 is 0 Å². The molecule has 0 saturated heterocycles. The monoisotopic (exact) mass is 342 g/mol. The molecule has 1 aromatic carbocycles. The van der Waals surface area contributed by atoms with Crippen LogP contribution in [0.5, 0.6) is 0 Å². The first-order chi connectivity index (χ1) is 12.1. The zero-order chi connectivity index (χ0) is 17.8. The summed E-state index contributed by atoms with van der Waals surface area (Å²) in [5, 5.41) is 3.80. The quantitative estimate of drug-likeness (QED) is 0.818. The van der Waals surface area contributed by atoms with Gasteiger partial charge in [-0.05, 0) is 50.3 Å². The molecule has 25 heavy (non-hydrogen) atoms. The van der Waals surface area contributed by atoms with Gasteiger partial charge in [0.25, 0.3) is 5.56 Å². The number of H-pyrrole nitrogens is 1. The summed E-state index contributed by atoms with van der Waals surface area (Å²) in [5.41, 5.74) is 3.32. The number of ether oxygens (including phenoxy) is 1. The van der Waals surface area contributed by atoms with Gasteiger partial charge in [-0.2, -0.15) is 0 Å². The third kappa shape index (κ3) is 3.90. The lowest BCUT2D eigenvalue weighted by molar-refractivity contribution is -0.144. The molecule has 1 amide bonds. The van der Waals surface area contributed by atoms with E-state index in [1.165, 1.54) is 0 Å².